The van der Waals surface area contributed by atoms with Gasteiger partial charge in [0.2, 0.25) is 0 Å². The molecule has 0 heterocycles. The van der Waals surface area contributed by atoms with Crippen LogP contribution < -0.4 is 4.90 Å². The van der Waals surface area contributed by atoms with E-state index in [1.54, 1.807) is 12.1 Å². The van der Waals surface area contributed by atoms with Gasteiger partial charge in [0.1, 0.15) is 0 Å². The molecule has 1 aromatic carbocycles. The third-order valence-corrected chi connectivity index (χ3v) is 5.17. The quantitative estimate of drug-likeness (QED) is 0.675. The van der Waals surface area contributed by atoms with Gasteiger partial charge in [0, 0.05) is 24.1 Å². The van der Waals surface area contributed by atoms with Crippen molar-refractivity contribution in [3.63, 3.8) is 0 Å². The van der Waals surface area contributed by atoms with Gasteiger partial charge < -0.3 is 4.90 Å². The summed E-state index contributed by atoms with van der Waals surface area (Å²) in [6.45, 7) is 5.92. The standard InChI is InChI=1S/C14H22BrNO2S/c1-3-10-16(11-9-15)13-5-7-14(8-6-13)19(17,18)12-4-2/h5-8H,3-4,9-12H2,1-2H3. The van der Waals surface area contributed by atoms with Crippen LogP contribution in [-0.2, 0) is 9.84 Å². The van der Waals surface area contributed by atoms with E-state index in [1.807, 2.05) is 19.1 Å². The zero-order valence-electron chi connectivity index (χ0n) is 11.6. The summed E-state index contributed by atoms with van der Waals surface area (Å²) < 4.78 is 23.9. The van der Waals surface area contributed by atoms with Gasteiger partial charge in [-0.15, -0.1) is 0 Å². The normalized spacial score (nSPS) is 11.5. The maximum absolute atomic E-state index is 11.9. The van der Waals surface area contributed by atoms with E-state index < -0.39 is 9.84 Å². The molecule has 0 N–H and O–H groups in total. The number of nitrogens with zero attached hydrogens (tertiary/aromatic N) is 1. The van der Waals surface area contributed by atoms with Gasteiger partial charge in [0.05, 0.1) is 10.6 Å². The molecule has 3 nitrogen and oxygen atoms in total. The Morgan fingerprint density at radius 3 is 2.16 bits per heavy atom. The average molecular weight is 348 g/mol. The number of benzene rings is 1. The first kappa shape index (κ1) is 16.5. The topological polar surface area (TPSA) is 37.4 Å². The number of sulfone groups is 1. The second-order valence-corrected chi connectivity index (χ2v) is 7.39. The molecule has 0 aliphatic heterocycles. The molecule has 108 valence electrons. The third kappa shape index (κ3) is 4.80. The molecule has 0 saturated heterocycles. The lowest BCUT2D eigenvalue weighted by Gasteiger charge is -2.23. The predicted octanol–water partition coefficient (Wildman–Crippen LogP) is 3.48. The molecule has 1 rings (SSSR count). The fourth-order valence-corrected chi connectivity index (χ4v) is 3.74. The Morgan fingerprint density at radius 1 is 1.05 bits per heavy atom. The van der Waals surface area contributed by atoms with Crippen LogP contribution in [0.4, 0.5) is 5.69 Å². The van der Waals surface area contributed by atoms with Crippen LogP contribution in [0.2, 0.25) is 0 Å². The van der Waals surface area contributed by atoms with Gasteiger partial charge in [-0.3, -0.25) is 0 Å². The molecule has 0 radical (unpaired) electrons. The molecule has 0 aliphatic rings. The number of hydrogen-bond donors (Lipinski definition) is 0. The van der Waals surface area contributed by atoms with Gasteiger partial charge in [-0.2, -0.15) is 0 Å². The highest BCUT2D eigenvalue weighted by atomic mass is 79.9. The fraction of sp³-hybridized carbons (Fsp3) is 0.571. The molecule has 0 aliphatic carbocycles. The molecule has 0 amide bonds. The maximum Gasteiger partial charge on any atom is 0.178 e. The Morgan fingerprint density at radius 2 is 1.68 bits per heavy atom. The average Bonchev–Trinajstić information content (AvgIpc) is 2.39. The molecule has 0 bridgehead atoms. The lowest BCUT2D eigenvalue weighted by atomic mass is 10.2. The molecule has 5 heteroatoms. The molecular weight excluding hydrogens is 326 g/mol. The van der Waals surface area contributed by atoms with E-state index >= 15 is 0 Å². The lowest BCUT2D eigenvalue weighted by molar-refractivity contribution is 0.594. The minimum atomic E-state index is -3.11. The molecule has 0 saturated carbocycles. The van der Waals surface area contributed by atoms with Crippen molar-refractivity contribution in [1.29, 1.82) is 0 Å². The number of halogens is 1. The number of alkyl halides is 1. The zero-order chi connectivity index (χ0) is 14.3. The van der Waals surface area contributed by atoms with Gasteiger partial charge in [-0.05, 0) is 37.1 Å². The molecule has 0 aromatic heterocycles. The SMILES string of the molecule is CCCN(CCBr)c1ccc(S(=O)(=O)CCC)cc1. The molecular formula is C14H22BrNO2S. The molecule has 0 fully saturated rings. The van der Waals surface area contributed by atoms with Crippen LogP contribution in [0, 0.1) is 0 Å². The lowest BCUT2D eigenvalue weighted by Crippen LogP contribution is -2.26. The summed E-state index contributed by atoms with van der Waals surface area (Å²) in [5, 5.41) is 0.906. The first-order valence-electron chi connectivity index (χ1n) is 6.69. The van der Waals surface area contributed by atoms with Crippen molar-refractivity contribution in [2.75, 3.05) is 29.1 Å². The van der Waals surface area contributed by atoms with Crippen molar-refractivity contribution < 1.29 is 8.42 Å². The van der Waals surface area contributed by atoms with Crippen LogP contribution in [0.25, 0.3) is 0 Å². The number of anilines is 1. The van der Waals surface area contributed by atoms with Crippen molar-refractivity contribution in [3.05, 3.63) is 24.3 Å². The van der Waals surface area contributed by atoms with E-state index in [0.717, 1.165) is 30.5 Å². The third-order valence-electron chi connectivity index (χ3n) is 2.88. The van der Waals surface area contributed by atoms with Crippen LogP contribution in [0.5, 0.6) is 0 Å². The Hall–Kier alpha value is -0.550. The van der Waals surface area contributed by atoms with Gasteiger partial charge in [-0.25, -0.2) is 8.42 Å². The second-order valence-electron chi connectivity index (χ2n) is 4.49. The van der Waals surface area contributed by atoms with Crippen molar-refractivity contribution in [2.24, 2.45) is 0 Å². The summed E-state index contributed by atoms with van der Waals surface area (Å²) in [4.78, 5) is 2.68. The Balaban J connectivity index is 2.91. The van der Waals surface area contributed by atoms with Crippen molar-refractivity contribution >= 4 is 31.5 Å². The van der Waals surface area contributed by atoms with Gasteiger partial charge >= 0.3 is 0 Å². The van der Waals surface area contributed by atoms with E-state index in [2.05, 4.69) is 27.8 Å². The second kappa shape index (κ2) is 7.90. The minimum Gasteiger partial charge on any atom is -0.371 e. The van der Waals surface area contributed by atoms with Crippen molar-refractivity contribution in [2.45, 2.75) is 31.6 Å². The number of hydrogen-bond acceptors (Lipinski definition) is 3. The molecule has 0 spiro atoms. The molecule has 0 unspecified atom stereocenters. The maximum atomic E-state index is 11.9. The summed E-state index contributed by atoms with van der Waals surface area (Å²) in [6, 6.07) is 7.25. The summed E-state index contributed by atoms with van der Waals surface area (Å²) >= 11 is 3.45. The van der Waals surface area contributed by atoms with Crippen LogP contribution in [-0.4, -0.2) is 32.6 Å². The fourth-order valence-electron chi connectivity index (χ4n) is 1.99. The first-order valence-corrected chi connectivity index (χ1v) is 9.46. The smallest absolute Gasteiger partial charge is 0.178 e. The summed E-state index contributed by atoms with van der Waals surface area (Å²) in [5.74, 6) is 0.215. The minimum absolute atomic E-state index is 0.215. The van der Waals surface area contributed by atoms with Crippen LogP contribution >= 0.6 is 15.9 Å². The highest BCUT2D eigenvalue weighted by molar-refractivity contribution is 9.09. The zero-order valence-corrected chi connectivity index (χ0v) is 14.0. The van der Waals surface area contributed by atoms with Gasteiger partial charge in [0.15, 0.2) is 9.84 Å². The number of rotatable bonds is 8. The Labute approximate surface area is 125 Å². The van der Waals surface area contributed by atoms with Crippen LogP contribution in [0.15, 0.2) is 29.2 Å². The Bertz CT molecular complexity index is 465. The van der Waals surface area contributed by atoms with E-state index in [0.29, 0.717) is 11.3 Å². The first-order chi connectivity index (χ1) is 9.05. The van der Waals surface area contributed by atoms with E-state index in [4.69, 9.17) is 0 Å². The molecule has 0 atom stereocenters. The Kier molecular flexibility index (Phi) is 6.86. The van der Waals surface area contributed by atoms with Gasteiger partial charge in [0.25, 0.3) is 0 Å². The van der Waals surface area contributed by atoms with E-state index in [9.17, 15) is 8.42 Å². The van der Waals surface area contributed by atoms with Gasteiger partial charge in [-0.1, -0.05) is 29.8 Å². The van der Waals surface area contributed by atoms with Crippen molar-refractivity contribution in [1.82, 2.24) is 0 Å². The molecule has 19 heavy (non-hydrogen) atoms. The predicted molar refractivity (Wildman–Crippen MR) is 85.1 cm³/mol. The van der Waals surface area contributed by atoms with Crippen LogP contribution in [0.1, 0.15) is 26.7 Å². The monoisotopic (exact) mass is 347 g/mol. The highest BCUT2D eigenvalue weighted by Gasteiger charge is 2.13. The summed E-state index contributed by atoms with van der Waals surface area (Å²) in [7, 11) is -3.11. The highest BCUT2D eigenvalue weighted by Crippen LogP contribution is 2.19. The summed E-state index contributed by atoms with van der Waals surface area (Å²) in [6.07, 6.45) is 1.72. The largest absolute Gasteiger partial charge is 0.371 e. The van der Waals surface area contributed by atoms with E-state index in [1.165, 1.54) is 0 Å². The molecule has 1 aromatic rings. The van der Waals surface area contributed by atoms with Crippen LogP contribution in [0.3, 0.4) is 0 Å². The van der Waals surface area contributed by atoms with Crippen molar-refractivity contribution in [3.8, 4) is 0 Å². The summed E-state index contributed by atoms with van der Waals surface area (Å²) in [5.41, 5.74) is 1.08. The van der Waals surface area contributed by atoms with E-state index in [-0.39, 0.29) is 5.75 Å².